The molecule has 12 heteroatoms. The highest BCUT2D eigenvalue weighted by atomic mass is 31.2. The number of hydrogen-bond acceptors (Lipinski definition) is 5. The first kappa shape index (κ1) is 23.6. The van der Waals surface area contributed by atoms with Crippen LogP contribution in [0.5, 0.6) is 11.5 Å². The normalized spacial score (nSPS) is 14.2. The average molecular weight is 453 g/mol. The van der Waals surface area contributed by atoms with E-state index in [1.807, 2.05) is 0 Å². The highest BCUT2D eigenvalue weighted by molar-refractivity contribution is 7.52. The summed E-state index contributed by atoms with van der Waals surface area (Å²) in [7, 11) is -4.91. The number of carbonyl (C=O) groups excluding carboxylic acids is 1. The first-order chi connectivity index (χ1) is 13.9. The number of rotatable bonds is 8. The summed E-state index contributed by atoms with van der Waals surface area (Å²) in [5.74, 6) is -14.6. The van der Waals surface area contributed by atoms with E-state index in [2.05, 4.69) is 9.61 Å². The van der Waals surface area contributed by atoms with Crippen LogP contribution in [0.3, 0.4) is 0 Å². The lowest BCUT2D eigenvalue weighted by Gasteiger charge is -2.24. The molecule has 0 saturated carbocycles. The smallest absolute Gasteiger partial charge is 0.462 e. The van der Waals surface area contributed by atoms with Crippen molar-refractivity contribution in [1.29, 1.82) is 0 Å². The summed E-state index contributed by atoms with van der Waals surface area (Å²) in [6.07, 6.45) is -0.549. The molecule has 0 saturated heterocycles. The molecule has 0 aliphatic heterocycles. The van der Waals surface area contributed by atoms with Crippen molar-refractivity contribution in [3.8, 4) is 11.5 Å². The molecule has 0 amide bonds. The van der Waals surface area contributed by atoms with E-state index in [1.165, 1.54) is 45.0 Å². The zero-order valence-corrected chi connectivity index (χ0v) is 16.8. The van der Waals surface area contributed by atoms with E-state index in [0.717, 1.165) is 0 Å². The second kappa shape index (κ2) is 9.44. The maximum atomic E-state index is 14.0. The van der Waals surface area contributed by atoms with Gasteiger partial charge in [-0.3, -0.25) is 4.79 Å². The Hall–Kier alpha value is -2.65. The number of carbonyl (C=O) groups is 1. The van der Waals surface area contributed by atoms with Crippen LogP contribution in [0.25, 0.3) is 0 Å². The lowest BCUT2D eigenvalue weighted by atomic mass is 10.3. The van der Waals surface area contributed by atoms with Gasteiger partial charge < -0.3 is 13.8 Å². The zero-order chi connectivity index (χ0) is 22.6. The monoisotopic (exact) mass is 453 g/mol. The van der Waals surface area contributed by atoms with Crippen molar-refractivity contribution >= 4 is 13.7 Å². The number of halogens is 5. The van der Waals surface area contributed by atoms with Gasteiger partial charge in [-0.05, 0) is 32.9 Å². The fourth-order valence-corrected chi connectivity index (χ4v) is 3.62. The quantitative estimate of drug-likeness (QED) is 0.202. The number of benzene rings is 2. The number of nitrogens with one attached hydrogen (secondary N) is 1. The van der Waals surface area contributed by atoms with Crippen LogP contribution in [0.1, 0.15) is 20.8 Å². The van der Waals surface area contributed by atoms with Gasteiger partial charge in [-0.1, -0.05) is 18.2 Å². The summed E-state index contributed by atoms with van der Waals surface area (Å²) < 4.78 is 96.0. The molecular formula is C18H17F5NO5P. The van der Waals surface area contributed by atoms with Crippen LogP contribution in [0.4, 0.5) is 22.0 Å². The molecule has 0 fully saturated rings. The molecule has 0 heterocycles. The SMILES string of the molecule is CC(C)OC(=O)[C@@H](C)N[P@](=O)(Oc1ccccc1)Oc1c(F)c(F)c(F)c(F)c1F. The van der Waals surface area contributed by atoms with E-state index in [0.29, 0.717) is 0 Å². The molecule has 1 N–H and O–H groups in total. The molecule has 0 aliphatic carbocycles. The molecule has 30 heavy (non-hydrogen) atoms. The molecule has 0 unspecified atom stereocenters. The molecule has 0 spiro atoms. The van der Waals surface area contributed by atoms with Gasteiger partial charge in [0.2, 0.25) is 34.8 Å². The molecule has 2 rings (SSSR count). The second-order valence-electron chi connectivity index (χ2n) is 6.23. The number of hydrogen-bond donors (Lipinski definition) is 1. The molecule has 164 valence electrons. The van der Waals surface area contributed by atoms with Crippen molar-refractivity contribution in [2.45, 2.75) is 32.9 Å². The Kier molecular flexibility index (Phi) is 7.44. The van der Waals surface area contributed by atoms with Crippen LogP contribution < -0.4 is 14.1 Å². The molecule has 2 aromatic rings. The molecule has 6 nitrogen and oxygen atoms in total. The highest BCUT2D eigenvalue weighted by Gasteiger charge is 2.38. The Morgan fingerprint density at radius 1 is 0.867 bits per heavy atom. The lowest BCUT2D eigenvalue weighted by molar-refractivity contribution is -0.149. The third-order valence-corrected chi connectivity index (χ3v) is 4.98. The Labute approximate surface area is 168 Å². The minimum absolute atomic E-state index is 0.137. The van der Waals surface area contributed by atoms with E-state index < -0.39 is 60.7 Å². The van der Waals surface area contributed by atoms with Crippen LogP contribution >= 0.6 is 7.75 Å². The van der Waals surface area contributed by atoms with E-state index in [1.54, 1.807) is 6.07 Å². The van der Waals surface area contributed by atoms with Crippen LogP contribution in [0.2, 0.25) is 0 Å². The number of esters is 1. The van der Waals surface area contributed by atoms with Gasteiger partial charge >= 0.3 is 13.7 Å². The van der Waals surface area contributed by atoms with Crippen molar-refractivity contribution in [2.24, 2.45) is 0 Å². The molecular weight excluding hydrogens is 436 g/mol. The van der Waals surface area contributed by atoms with Crippen molar-refractivity contribution in [3.05, 3.63) is 59.4 Å². The highest BCUT2D eigenvalue weighted by Crippen LogP contribution is 2.47. The fraction of sp³-hybridized carbons (Fsp3) is 0.278. The fourth-order valence-electron chi connectivity index (χ4n) is 2.10. The van der Waals surface area contributed by atoms with Crippen molar-refractivity contribution < 1.29 is 45.1 Å². The topological polar surface area (TPSA) is 73.9 Å². The van der Waals surface area contributed by atoms with Gasteiger partial charge in [-0.25, -0.2) is 17.7 Å². The Morgan fingerprint density at radius 2 is 1.37 bits per heavy atom. The second-order valence-corrected chi connectivity index (χ2v) is 7.85. The lowest BCUT2D eigenvalue weighted by Crippen LogP contribution is -2.37. The van der Waals surface area contributed by atoms with Crippen molar-refractivity contribution in [1.82, 2.24) is 5.09 Å². The van der Waals surface area contributed by atoms with E-state index >= 15 is 0 Å². The third-order valence-electron chi connectivity index (χ3n) is 3.41. The van der Waals surface area contributed by atoms with Crippen LogP contribution in [0, 0.1) is 29.1 Å². The number of para-hydroxylation sites is 1. The van der Waals surface area contributed by atoms with Crippen LogP contribution in [-0.4, -0.2) is 18.1 Å². The van der Waals surface area contributed by atoms with E-state index in [-0.39, 0.29) is 5.75 Å². The van der Waals surface area contributed by atoms with Gasteiger partial charge in [-0.2, -0.15) is 13.9 Å². The number of ether oxygens (including phenoxy) is 1. The van der Waals surface area contributed by atoms with Gasteiger partial charge in [0.15, 0.2) is 0 Å². The predicted molar refractivity (Wildman–Crippen MR) is 95.4 cm³/mol. The summed E-state index contributed by atoms with van der Waals surface area (Å²) in [5, 5.41) is 2.07. The molecule has 0 aromatic heterocycles. The van der Waals surface area contributed by atoms with Crippen molar-refractivity contribution in [2.75, 3.05) is 0 Å². The summed E-state index contributed by atoms with van der Waals surface area (Å²) in [6.45, 7) is 4.25. The molecule has 0 aliphatic rings. The maximum absolute atomic E-state index is 14.0. The predicted octanol–water partition coefficient (Wildman–Crippen LogP) is 4.88. The largest absolute Gasteiger partial charge is 0.513 e. The zero-order valence-electron chi connectivity index (χ0n) is 15.9. The van der Waals surface area contributed by atoms with Gasteiger partial charge in [0.25, 0.3) is 0 Å². The Morgan fingerprint density at radius 3 is 1.87 bits per heavy atom. The molecule has 0 radical (unpaired) electrons. The van der Waals surface area contributed by atoms with Crippen LogP contribution in [0.15, 0.2) is 30.3 Å². The Bertz CT molecular complexity index is 944. The van der Waals surface area contributed by atoms with E-state index in [4.69, 9.17) is 9.26 Å². The van der Waals surface area contributed by atoms with Gasteiger partial charge in [0.1, 0.15) is 11.8 Å². The summed E-state index contributed by atoms with van der Waals surface area (Å²) >= 11 is 0. The first-order valence-electron chi connectivity index (χ1n) is 8.49. The molecule has 2 aromatic carbocycles. The minimum atomic E-state index is -4.91. The summed E-state index contributed by atoms with van der Waals surface area (Å²) in [6, 6.07) is 5.64. The molecule has 2 atom stereocenters. The Balaban J connectivity index is 2.45. The molecule has 0 bridgehead atoms. The van der Waals surface area contributed by atoms with Crippen molar-refractivity contribution in [3.63, 3.8) is 0 Å². The van der Waals surface area contributed by atoms with Gasteiger partial charge in [0, 0.05) is 0 Å². The summed E-state index contributed by atoms with van der Waals surface area (Å²) in [5.41, 5.74) is 0. The first-order valence-corrected chi connectivity index (χ1v) is 10.0. The van der Waals surface area contributed by atoms with Crippen LogP contribution in [-0.2, 0) is 14.1 Å². The van der Waals surface area contributed by atoms with E-state index in [9.17, 15) is 31.3 Å². The summed E-state index contributed by atoms with van der Waals surface area (Å²) in [4.78, 5) is 12.0. The van der Waals surface area contributed by atoms with Gasteiger partial charge in [-0.15, -0.1) is 0 Å². The van der Waals surface area contributed by atoms with Gasteiger partial charge in [0.05, 0.1) is 6.10 Å². The minimum Gasteiger partial charge on any atom is -0.462 e. The maximum Gasteiger partial charge on any atom is 0.513 e. The average Bonchev–Trinajstić information content (AvgIpc) is 2.68. The standard InChI is InChI=1S/C18H17F5NO5P/c1-9(2)27-18(25)10(3)24-30(26,28-11-7-5-4-6-8-11)29-17-15(22)13(20)12(19)14(21)16(17)23/h4-10H,1-3H3,(H,24,26)/t10-,30+/m1/s1. The third kappa shape index (κ3) is 5.48.